The maximum Gasteiger partial charge on any atom is 0.344 e. The van der Waals surface area contributed by atoms with Crippen LogP contribution in [0.2, 0.25) is 0 Å². The fourth-order valence-electron chi connectivity index (χ4n) is 1.82. The molecule has 3 heteroatoms. The highest BCUT2D eigenvalue weighted by Crippen LogP contribution is 2.25. The third-order valence-corrected chi connectivity index (χ3v) is 3.09. The number of benzene rings is 1. The van der Waals surface area contributed by atoms with E-state index in [0.717, 1.165) is 12.8 Å². The van der Waals surface area contributed by atoms with Gasteiger partial charge in [-0.05, 0) is 36.0 Å². The van der Waals surface area contributed by atoms with Gasteiger partial charge >= 0.3 is 5.97 Å². The Morgan fingerprint density at radius 2 is 1.84 bits per heavy atom. The lowest BCUT2D eigenvalue weighted by atomic mass is 9.87. The van der Waals surface area contributed by atoms with Crippen LogP contribution < -0.4 is 4.74 Å². The number of hydrogen-bond acceptors (Lipinski definition) is 2. The van der Waals surface area contributed by atoms with Crippen LogP contribution in [0.1, 0.15) is 52.5 Å². The van der Waals surface area contributed by atoms with E-state index in [0.29, 0.717) is 12.2 Å². The van der Waals surface area contributed by atoms with E-state index < -0.39 is 12.1 Å². The summed E-state index contributed by atoms with van der Waals surface area (Å²) in [4.78, 5) is 11.1. The quantitative estimate of drug-likeness (QED) is 0.844. The second-order valence-electron chi connectivity index (χ2n) is 5.86. The second kappa shape index (κ2) is 6.60. The molecule has 1 N–H and O–H groups in total. The van der Waals surface area contributed by atoms with Gasteiger partial charge in [0, 0.05) is 0 Å². The van der Waals surface area contributed by atoms with E-state index in [1.54, 1.807) is 0 Å². The van der Waals surface area contributed by atoms with Gasteiger partial charge < -0.3 is 9.84 Å². The van der Waals surface area contributed by atoms with Crippen molar-refractivity contribution in [3.63, 3.8) is 0 Å². The SMILES string of the molecule is CCCCC(Oc1ccc(C(C)(C)C)cc1)C(=O)O. The Morgan fingerprint density at radius 1 is 1.26 bits per heavy atom. The number of carboxylic acid groups (broad SMARTS) is 1. The third kappa shape index (κ3) is 4.93. The van der Waals surface area contributed by atoms with Gasteiger partial charge in [-0.1, -0.05) is 46.2 Å². The minimum atomic E-state index is -0.895. The summed E-state index contributed by atoms with van der Waals surface area (Å²) in [6, 6.07) is 7.69. The summed E-state index contributed by atoms with van der Waals surface area (Å²) >= 11 is 0. The zero-order valence-corrected chi connectivity index (χ0v) is 12.3. The molecule has 0 radical (unpaired) electrons. The fourth-order valence-corrected chi connectivity index (χ4v) is 1.82. The van der Waals surface area contributed by atoms with Crippen molar-refractivity contribution in [3.05, 3.63) is 29.8 Å². The lowest BCUT2D eigenvalue weighted by molar-refractivity contribution is -0.145. The molecule has 0 aliphatic heterocycles. The molecule has 106 valence electrons. The molecule has 3 nitrogen and oxygen atoms in total. The average Bonchev–Trinajstić information content (AvgIpc) is 2.33. The van der Waals surface area contributed by atoms with E-state index in [1.165, 1.54) is 5.56 Å². The lowest BCUT2D eigenvalue weighted by Gasteiger charge is -2.20. The normalized spacial score (nSPS) is 13.1. The van der Waals surface area contributed by atoms with Crippen molar-refractivity contribution in [2.45, 2.75) is 58.5 Å². The average molecular weight is 264 g/mol. The van der Waals surface area contributed by atoms with Crippen LogP contribution in [0.5, 0.6) is 5.75 Å². The van der Waals surface area contributed by atoms with E-state index in [4.69, 9.17) is 9.84 Å². The predicted molar refractivity (Wildman–Crippen MR) is 76.7 cm³/mol. The summed E-state index contributed by atoms with van der Waals surface area (Å²) in [7, 11) is 0. The van der Waals surface area contributed by atoms with Gasteiger partial charge in [0.1, 0.15) is 5.75 Å². The molecule has 0 fully saturated rings. The van der Waals surface area contributed by atoms with Crippen molar-refractivity contribution in [1.29, 1.82) is 0 Å². The Kier molecular flexibility index (Phi) is 5.40. The molecule has 0 aliphatic rings. The summed E-state index contributed by atoms with van der Waals surface area (Å²) in [6.45, 7) is 8.47. The number of hydrogen-bond donors (Lipinski definition) is 1. The van der Waals surface area contributed by atoms with Crippen molar-refractivity contribution in [2.24, 2.45) is 0 Å². The molecule has 1 rings (SSSR count). The highest BCUT2D eigenvalue weighted by molar-refractivity contribution is 5.72. The van der Waals surface area contributed by atoms with Crippen LogP contribution in [0.15, 0.2) is 24.3 Å². The van der Waals surface area contributed by atoms with Gasteiger partial charge in [-0.2, -0.15) is 0 Å². The molecule has 0 heterocycles. The van der Waals surface area contributed by atoms with Crippen LogP contribution in [-0.2, 0) is 10.2 Å². The third-order valence-electron chi connectivity index (χ3n) is 3.09. The second-order valence-corrected chi connectivity index (χ2v) is 5.86. The minimum absolute atomic E-state index is 0.0902. The molecule has 0 amide bonds. The molecule has 1 unspecified atom stereocenters. The lowest BCUT2D eigenvalue weighted by Crippen LogP contribution is -2.26. The van der Waals surface area contributed by atoms with Crippen molar-refractivity contribution in [1.82, 2.24) is 0 Å². The highest BCUT2D eigenvalue weighted by Gasteiger charge is 2.19. The maximum absolute atomic E-state index is 11.1. The number of rotatable bonds is 6. The van der Waals surface area contributed by atoms with Crippen molar-refractivity contribution in [2.75, 3.05) is 0 Å². The molecule has 1 atom stereocenters. The van der Waals surface area contributed by atoms with Crippen LogP contribution in [-0.4, -0.2) is 17.2 Å². The Morgan fingerprint density at radius 3 is 2.26 bits per heavy atom. The van der Waals surface area contributed by atoms with E-state index in [-0.39, 0.29) is 5.41 Å². The first-order valence-electron chi connectivity index (χ1n) is 6.84. The van der Waals surface area contributed by atoms with Gasteiger partial charge in [0.15, 0.2) is 6.10 Å². The van der Waals surface area contributed by atoms with Gasteiger partial charge in [0.05, 0.1) is 0 Å². The first kappa shape index (κ1) is 15.5. The molecule has 0 spiro atoms. The van der Waals surface area contributed by atoms with Crippen molar-refractivity contribution >= 4 is 5.97 Å². The monoisotopic (exact) mass is 264 g/mol. The Balaban J connectivity index is 2.72. The minimum Gasteiger partial charge on any atom is -0.479 e. The molecule has 0 aliphatic carbocycles. The molecule has 1 aromatic rings. The Hall–Kier alpha value is -1.51. The summed E-state index contributed by atoms with van der Waals surface area (Å²) in [5, 5.41) is 9.12. The highest BCUT2D eigenvalue weighted by atomic mass is 16.5. The number of carboxylic acids is 1. The summed E-state index contributed by atoms with van der Waals surface area (Å²) in [5.41, 5.74) is 1.30. The van der Waals surface area contributed by atoms with E-state index in [2.05, 4.69) is 20.8 Å². The summed E-state index contributed by atoms with van der Waals surface area (Å²) < 4.78 is 5.55. The molecule has 0 bridgehead atoms. The molecule has 19 heavy (non-hydrogen) atoms. The smallest absolute Gasteiger partial charge is 0.344 e. The van der Waals surface area contributed by atoms with E-state index >= 15 is 0 Å². The zero-order valence-electron chi connectivity index (χ0n) is 12.3. The van der Waals surface area contributed by atoms with E-state index in [1.807, 2.05) is 31.2 Å². The molecule has 0 saturated heterocycles. The van der Waals surface area contributed by atoms with Crippen LogP contribution in [0.4, 0.5) is 0 Å². The van der Waals surface area contributed by atoms with Crippen molar-refractivity contribution < 1.29 is 14.6 Å². The Bertz CT molecular complexity index is 401. The molecule has 1 aromatic carbocycles. The number of carbonyl (C=O) groups is 1. The molecular formula is C16H24O3. The first-order chi connectivity index (χ1) is 8.84. The van der Waals surface area contributed by atoms with E-state index in [9.17, 15) is 4.79 Å². The predicted octanol–water partition coefficient (Wildman–Crippen LogP) is 4.01. The van der Waals surface area contributed by atoms with Crippen molar-refractivity contribution in [3.8, 4) is 5.75 Å². The van der Waals surface area contributed by atoms with Crippen LogP contribution >= 0.6 is 0 Å². The number of ether oxygens (including phenoxy) is 1. The largest absolute Gasteiger partial charge is 0.479 e. The first-order valence-corrected chi connectivity index (χ1v) is 6.84. The summed E-state index contributed by atoms with van der Waals surface area (Å²) in [6.07, 6.45) is 1.63. The molecular weight excluding hydrogens is 240 g/mol. The topological polar surface area (TPSA) is 46.5 Å². The number of aliphatic carboxylic acids is 1. The number of unbranched alkanes of at least 4 members (excludes halogenated alkanes) is 1. The zero-order chi connectivity index (χ0) is 14.5. The molecule has 0 saturated carbocycles. The fraction of sp³-hybridized carbons (Fsp3) is 0.562. The van der Waals surface area contributed by atoms with Gasteiger partial charge in [-0.3, -0.25) is 0 Å². The standard InChI is InChI=1S/C16H24O3/c1-5-6-7-14(15(17)18)19-13-10-8-12(9-11-13)16(2,3)4/h8-11,14H,5-7H2,1-4H3,(H,17,18). The Labute approximate surface area is 115 Å². The van der Waals surface area contributed by atoms with Gasteiger partial charge in [0.2, 0.25) is 0 Å². The van der Waals surface area contributed by atoms with Gasteiger partial charge in [-0.25, -0.2) is 4.79 Å². The molecule has 0 aromatic heterocycles. The summed E-state index contributed by atoms with van der Waals surface area (Å²) in [5.74, 6) is -0.273. The van der Waals surface area contributed by atoms with Crippen LogP contribution in [0, 0.1) is 0 Å². The van der Waals surface area contributed by atoms with Crippen LogP contribution in [0.25, 0.3) is 0 Å². The maximum atomic E-state index is 11.1. The van der Waals surface area contributed by atoms with Gasteiger partial charge in [0.25, 0.3) is 0 Å². The van der Waals surface area contributed by atoms with Crippen LogP contribution in [0.3, 0.4) is 0 Å². The van der Waals surface area contributed by atoms with Gasteiger partial charge in [-0.15, -0.1) is 0 Å².